The smallest absolute Gasteiger partial charge is 0.191 e. The van der Waals surface area contributed by atoms with Crippen molar-refractivity contribution in [2.75, 3.05) is 37.8 Å². The third-order valence-electron chi connectivity index (χ3n) is 5.36. The van der Waals surface area contributed by atoms with Gasteiger partial charge in [0.25, 0.3) is 0 Å². The number of rotatable bonds is 5. The van der Waals surface area contributed by atoms with E-state index in [-0.39, 0.29) is 5.92 Å². The molecule has 1 aliphatic carbocycles. The van der Waals surface area contributed by atoms with Crippen molar-refractivity contribution in [2.24, 2.45) is 16.8 Å². The minimum absolute atomic E-state index is 0.176. The molecule has 0 radical (unpaired) electrons. The molecule has 0 spiro atoms. The number of guanidine groups is 1. The predicted octanol–water partition coefficient (Wildman–Crippen LogP) is 1.33. The Balaban J connectivity index is 1.53. The summed E-state index contributed by atoms with van der Waals surface area (Å²) in [5, 5.41) is 7.04. The summed E-state index contributed by atoms with van der Waals surface area (Å²) in [7, 11) is -2.82. The maximum Gasteiger partial charge on any atom is 0.191 e. The second-order valence-corrected chi connectivity index (χ2v) is 9.78. The first-order chi connectivity index (χ1) is 11.6. The van der Waals surface area contributed by atoms with Crippen LogP contribution in [0.3, 0.4) is 0 Å². The maximum atomic E-state index is 11.6. The molecule has 138 valence electrons. The lowest BCUT2D eigenvalue weighted by atomic mass is 9.96. The lowest BCUT2D eigenvalue weighted by Gasteiger charge is -2.25. The van der Waals surface area contributed by atoms with Gasteiger partial charge in [0, 0.05) is 31.7 Å². The summed E-state index contributed by atoms with van der Waals surface area (Å²) in [5.41, 5.74) is 0. The Labute approximate surface area is 145 Å². The average molecular weight is 358 g/mol. The van der Waals surface area contributed by atoms with E-state index in [1.807, 2.05) is 0 Å². The highest BCUT2D eigenvalue weighted by Gasteiger charge is 2.27. The van der Waals surface area contributed by atoms with E-state index < -0.39 is 9.84 Å². The molecular weight excluding hydrogens is 326 g/mol. The highest BCUT2D eigenvalue weighted by atomic mass is 32.2. The van der Waals surface area contributed by atoms with Gasteiger partial charge in [-0.05, 0) is 31.6 Å². The Bertz CT molecular complexity index is 523. The summed E-state index contributed by atoms with van der Waals surface area (Å²) in [6, 6.07) is 0.497. The second kappa shape index (κ2) is 8.52. The van der Waals surface area contributed by atoms with E-state index in [9.17, 15) is 8.42 Å². The van der Waals surface area contributed by atoms with Gasteiger partial charge in [0.1, 0.15) is 0 Å². The van der Waals surface area contributed by atoms with E-state index >= 15 is 0 Å². The normalized spacial score (nSPS) is 31.2. The van der Waals surface area contributed by atoms with Crippen LogP contribution in [0.4, 0.5) is 0 Å². The topological polar surface area (TPSA) is 79.8 Å². The molecule has 2 N–H and O–H groups in total. The van der Waals surface area contributed by atoms with Gasteiger partial charge in [0.2, 0.25) is 0 Å². The van der Waals surface area contributed by atoms with E-state index in [0.29, 0.717) is 30.0 Å². The fraction of sp³-hybridized carbons (Fsp3) is 0.941. The van der Waals surface area contributed by atoms with Crippen LogP contribution in [0, 0.1) is 11.8 Å². The zero-order valence-electron chi connectivity index (χ0n) is 14.5. The second-order valence-electron chi connectivity index (χ2n) is 7.55. The van der Waals surface area contributed by atoms with Crippen LogP contribution in [0.1, 0.15) is 44.9 Å². The lowest BCUT2D eigenvalue weighted by molar-refractivity contribution is 0.186. The highest BCUT2D eigenvalue weighted by Crippen LogP contribution is 2.19. The molecule has 0 aromatic rings. The van der Waals surface area contributed by atoms with Gasteiger partial charge in [0.15, 0.2) is 15.8 Å². The van der Waals surface area contributed by atoms with Crippen LogP contribution in [0.5, 0.6) is 0 Å². The first-order valence-corrected chi connectivity index (χ1v) is 11.3. The standard InChI is InChI=1S/C17H31N3O3S/c21-24(22)9-7-15(13-24)11-19-17(18-10-14-6-8-23-12-14)20-16-4-2-1-3-5-16/h14-16H,1-13H2,(H2,18,19,20). The van der Waals surface area contributed by atoms with Crippen LogP contribution < -0.4 is 10.6 Å². The molecule has 3 rings (SSSR count). The van der Waals surface area contributed by atoms with Crippen molar-refractivity contribution in [1.82, 2.24) is 10.6 Å². The number of hydrogen-bond donors (Lipinski definition) is 2. The first kappa shape index (κ1) is 18.0. The lowest BCUT2D eigenvalue weighted by Crippen LogP contribution is -2.46. The molecule has 2 aliphatic heterocycles. The Kier molecular flexibility index (Phi) is 6.38. The fourth-order valence-corrected chi connectivity index (χ4v) is 5.66. The van der Waals surface area contributed by atoms with Crippen molar-refractivity contribution in [3.63, 3.8) is 0 Å². The van der Waals surface area contributed by atoms with Crippen molar-refractivity contribution >= 4 is 15.8 Å². The molecular formula is C17H31N3O3S. The van der Waals surface area contributed by atoms with Gasteiger partial charge in [-0.3, -0.25) is 4.99 Å². The molecule has 2 atom stereocenters. The summed E-state index contributed by atoms with van der Waals surface area (Å²) in [6.45, 7) is 3.16. The molecule has 1 saturated carbocycles. The molecule has 0 amide bonds. The summed E-state index contributed by atoms with van der Waals surface area (Å²) in [4.78, 5) is 4.72. The molecule has 3 aliphatic rings. The molecule has 7 heteroatoms. The van der Waals surface area contributed by atoms with Crippen LogP contribution in [0.25, 0.3) is 0 Å². The molecule has 0 aromatic carbocycles. The van der Waals surface area contributed by atoms with Crippen molar-refractivity contribution in [3.05, 3.63) is 0 Å². The third-order valence-corrected chi connectivity index (χ3v) is 7.20. The molecule has 24 heavy (non-hydrogen) atoms. The number of nitrogens with one attached hydrogen (secondary N) is 2. The fourth-order valence-electron chi connectivity index (χ4n) is 3.81. The molecule has 3 fully saturated rings. The van der Waals surface area contributed by atoms with Gasteiger partial charge in [-0.2, -0.15) is 0 Å². The van der Waals surface area contributed by atoms with E-state index in [1.165, 1.54) is 32.1 Å². The molecule has 2 heterocycles. The maximum absolute atomic E-state index is 11.6. The number of hydrogen-bond acceptors (Lipinski definition) is 4. The monoisotopic (exact) mass is 357 g/mol. The number of sulfone groups is 1. The van der Waals surface area contributed by atoms with E-state index in [4.69, 9.17) is 9.73 Å². The summed E-state index contributed by atoms with van der Waals surface area (Å²) in [5.74, 6) is 2.21. The molecule has 2 unspecified atom stereocenters. The zero-order valence-corrected chi connectivity index (χ0v) is 15.3. The largest absolute Gasteiger partial charge is 0.381 e. The number of nitrogens with zero attached hydrogens (tertiary/aromatic N) is 1. The SMILES string of the molecule is O=S1(=O)CCC(CN=C(NCC2CCOC2)NC2CCCCC2)C1. The van der Waals surface area contributed by atoms with E-state index in [1.54, 1.807) is 0 Å². The van der Waals surface area contributed by atoms with Crippen LogP contribution in [-0.2, 0) is 14.6 Å². The Morgan fingerprint density at radius 1 is 1.08 bits per heavy atom. The van der Waals surface area contributed by atoms with Crippen molar-refractivity contribution in [3.8, 4) is 0 Å². The quantitative estimate of drug-likeness (QED) is 0.573. The molecule has 0 aromatic heterocycles. The minimum atomic E-state index is -2.82. The Morgan fingerprint density at radius 2 is 1.92 bits per heavy atom. The minimum Gasteiger partial charge on any atom is -0.381 e. The van der Waals surface area contributed by atoms with Crippen molar-refractivity contribution in [2.45, 2.75) is 51.0 Å². The first-order valence-electron chi connectivity index (χ1n) is 9.44. The Hall–Kier alpha value is -0.820. The highest BCUT2D eigenvalue weighted by molar-refractivity contribution is 7.91. The Morgan fingerprint density at radius 3 is 2.58 bits per heavy atom. The number of aliphatic imine (C=N–C) groups is 1. The van der Waals surface area contributed by atoms with Crippen LogP contribution in [0.2, 0.25) is 0 Å². The van der Waals surface area contributed by atoms with Gasteiger partial charge in [0.05, 0.1) is 18.1 Å². The zero-order chi connectivity index (χ0) is 16.8. The van der Waals surface area contributed by atoms with Crippen molar-refractivity contribution < 1.29 is 13.2 Å². The number of ether oxygens (including phenoxy) is 1. The van der Waals surface area contributed by atoms with Gasteiger partial charge >= 0.3 is 0 Å². The van der Waals surface area contributed by atoms with Crippen LogP contribution in [-0.4, -0.2) is 58.2 Å². The van der Waals surface area contributed by atoms with Gasteiger partial charge < -0.3 is 15.4 Å². The summed E-state index contributed by atoms with van der Waals surface area (Å²) < 4.78 is 28.7. The predicted molar refractivity (Wildman–Crippen MR) is 96.0 cm³/mol. The third kappa shape index (κ3) is 5.62. The van der Waals surface area contributed by atoms with Gasteiger partial charge in [-0.25, -0.2) is 8.42 Å². The van der Waals surface area contributed by atoms with Crippen molar-refractivity contribution in [1.29, 1.82) is 0 Å². The average Bonchev–Trinajstić information content (AvgIpc) is 3.20. The molecule has 2 saturated heterocycles. The van der Waals surface area contributed by atoms with Crippen LogP contribution >= 0.6 is 0 Å². The van der Waals surface area contributed by atoms with Gasteiger partial charge in [-0.1, -0.05) is 19.3 Å². The molecule has 0 bridgehead atoms. The molecule has 6 nitrogen and oxygen atoms in total. The van der Waals surface area contributed by atoms with E-state index in [2.05, 4.69) is 10.6 Å². The van der Waals surface area contributed by atoms with E-state index in [0.717, 1.165) is 38.6 Å². The summed E-state index contributed by atoms with van der Waals surface area (Å²) >= 11 is 0. The van der Waals surface area contributed by atoms with Gasteiger partial charge in [-0.15, -0.1) is 0 Å². The van der Waals surface area contributed by atoms with Crippen LogP contribution in [0.15, 0.2) is 4.99 Å². The summed E-state index contributed by atoms with van der Waals surface area (Å²) in [6.07, 6.45) is 8.14.